The van der Waals surface area contributed by atoms with Crippen LogP contribution in [0.5, 0.6) is 5.75 Å². The van der Waals surface area contributed by atoms with Gasteiger partial charge in [0.15, 0.2) is 0 Å². The summed E-state index contributed by atoms with van der Waals surface area (Å²) in [5, 5.41) is 5.07. The topological polar surface area (TPSA) is 63.2 Å². The highest BCUT2D eigenvalue weighted by atomic mass is 19.4. The molecule has 0 bridgehead atoms. The Balaban J connectivity index is 1.87. The molecule has 8 heteroatoms. The monoisotopic (exact) mass is 339 g/mol. The zero-order valence-corrected chi connectivity index (χ0v) is 12.8. The molecule has 1 aromatic heterocycles. The third-order valence-corrected chi connectivity index (χ3v) is 2.97. The fourth-order valence-electron chi connectivity index (χ4n) is 1.90. The van der Waals surface area contributed by atoms with Gasteiger partial charge in [-0.1, -0.05) is 18.2 Å². The Hall–Kier alpha value is -2.77. The van der Waals surface area contributed by atoms with Gasteiger partial charge in [-0.25, -0.2) is 9.78 Å². The summed E-state index contributed by atoms with van der Waals surface area (Å²) in [5.74, 6) is 0.0920. The third-order valence-electron chi connectivity index (χ3n) is 2.97. The number of carbonyl (C=O) groups is 1. The molecule has 0 radical (unpaired) electrons. The molecule has 1 aromatic carbocycles. The largest absolute Gasteiger partial charge is 0.491 e. The van der Waals surface area contributed by atoms with Crippen molar-refractivity contribution < 1.29 is 22.7 Å². The number of hydrogen-bond donors (Lipinski definition) is 2. The lowest BCUT2D eigenvalue weighted by molar-refractivity contribution is -0.139. The van der Waals surface area contributed by atoms with Crippen molar-refractivity contribution in [3.63, 3.8) is 0 Å². The van der Waals surface area contributed by atoms with Crippen LogP contribution >= 0.6 is 0 Å². The minimum atomic E-state index is -4.50. The maximum atomic E-state index is 12.9. The maximum absolute atomic E-state index is 12.9. The second kappa shape index (κ2) is 7.67. The average Bonchev–Trinajstić information content (AvgIpc) is 2.53. The van der Waals surface area contributed by atoms with E-state index >= 15 is 0 Å². The molecule has 2 rings (SSSR count). The van der Waals surface area contributed by atoms with Crippen LogP contribution in [-0.2, 0) is 6.18 Å². The molecule has 0 saturated carbocycles. The SMILES string of the molecule is CC(COc1ccccc1C(F)(F)F)NC(=O)Nc1ccccn1. The number of nitrogens with zero attached hydrogens (tertiary/aromatic N) is 1. The molecule has 0 fully saturated rings. The first-order valence-corrected chi connectivity index (χ1v) is 7.14. The highest BCUT2D eigenvalue weighted by Gasteiger charge is 2.34. The van der Waals surface area contributed by atoms with Crippen LogP contribution in [0.1, 0.15) is 12.5 Å². The van der Waals surface area contributed by atoms with Gasteiger partial charge in [-0.15, -0.1) is 0 Å². The number of nitrogens with one attached hydrogen (secondary N) is 2. The molecule has 1 unspecified atom stereocenters. The van der Waals surface area contributed by atoms with Crippen LogP contribution in [0, 0.1) is 0 Å². The van der Waals surface area contributed by atoms with Crippen LogP contribution in [0.15, 0.2) is 48.7 Å². The number of rotatable bonds is 5. The molecule has 2 amide bonds. The minimum absolute atomic E-state index is 0.108. The number of aromatic nitrogens is 1. The second-order valence-electron chi connectivity index (χ2n) is 5.02. The number of alkyl halides is 3. The zero-order valence-electron chi connectivity index (χ0n) is 12.8. The number of amides is 2. The summed E-state index contributed by atoms with van der Waals surface area (Å²) in [6, 6.07) is 8.93. The summed E-state index contributed by atoms with van der Waals surface area (Å²) in [5.41, 5.74) is -0.852. The van der Waals surface area contributed by atoms with Gasteiger partial charge < -0.3 is 10.1 Å². The summed E-state index contributed by atoms with van der Waals surface area (Å²) < 4.78 is 43.8. The van der Waals surface area contributed by atoms with Crippen molar-refractivity contribution >= 4 is 11.8 Å². The number of pyridine rings is 1. The van der Waals surface area contributed by atoms with E-state index in [1.807, 2.05) is 0 Å². The van der Waals surface area contributed by atoms with Crippen molar-refractivity contribution in [2.24, 2.45) is 0 Å². The van der Waals surface area contributed by atoms with E-state index in [9.17, 15) is 18.0 Å². The van der Waals surface area contributed by atoms with Crippen LogP contribution < -0.4 is 15.4 Å². The van der Waals surface area contributed by atoms with E-state index in [0.29, 0.717) is 5.82 Å². The number of ether oxygens (including phenoxy) is 1. The fourth-order valence-corrected chi connectivity index (χ4v) is 1.90. The van der Waals surface area contributed by atoms with Crippen molar-refractivity contribution in [2.45, 2.75) is 19.1 Å². The fraction of sp³-hybridized carbons (Fsp3) is 0.250. The summed E-state index contributed by atoms with van der Waals surface area (Å²) in [7, 11) is 0. The maximum Gasteiger partial charge on any atom is 0.419 e. The van der Waals surface area contributed by atoms with Gasteiger partial charge in [0.25, 0.3) is 0 Å². The zero-order chi connectivity index (χ0) is 17.6. The Labute approximate surface area is 136 Å². The molecule has 0 aliphatic carbocycles. The van der Waals surface area contributed by atoms with Crippen LogP contribution in [0.4, 0.5) is 23.8 Å². The number of para-hydroxylation sites is 1. The minimum Gasteiger partial charge on any atom is -0.491 e. The van der Waals surface area contributed by atoms with Crippen molar-refractivity contribution in [2.75, 3.05) is 11.9 Å². The first kappa shape index (κ1) is 17.6. The van der Waals surface area contributed by atoms with E-state index in [-0.39, 0.29) is 12.4 Å². The van der Waals surface area contributed by atoms with E-state index in [2.05, 4.69) is 15.6 Å². The molecule has 2 aromatic rings. The van der Waals surface area contributed by atoms with Crippen molar-refractivity contribution in [1.29, 1.82) is 0 Å². The number of benzene rings is 1. The van der Waals surface area contributed by atoms with Crippen LogP contribution in [0.2, 0.25) is 0 Å². The Kier molecular flexibility index (Phi) is 5.62. The number of carbonyl (C=O) groups excluding carboxylic acids is 1. The predicted molar refractivity (Wildman–Crippen MR) is 82.8 cm³/mol. The lowest BCUT2D eigenvalue weighted by atomic mass is 10.2. The number of hydrogen-bond acceptors (Lipinski definition) is 3. The van der Waals surface area contributed by atoms with Crippen molar-refractivity contribution in [1.82, 2.24) is 10.3 Å². The van der Waals surface area contributed by atoms with Gasteiger partial charge >= 0.3 is 12.2 Å². The molecular weight excluding hydrogens is 323 g/mol. The Bertz CT molecular complexity index is 678. The molecule has 5 nitrogen and oxygen atoms in total. The Morgan fingerprint density at radius 1 is 1.21 bits per heavy atom. The van der Waals surface area contributed by atoms with E-state index in [0.717, 1.165) is 6.07 Å². The number of anilines is 1. The molecule has 2 N–H and O–H groups in total. The van der Waals surface area contributed by atoms with E-state index < -0.39 is 23.8 Å². The van der Waals surface area contributed by atoms with Crippen molar-refractivity contribution in [3.8, 4) is 5.75 Å². The molecular formula is C16H16F3N3O2. The average molecular weight is 339 g/mol. The quantitative estimate of drug-likeness (QED) is 0.873. The normalized spacial score (nSPS) is 12.3. The molecule has 0 spiro atoms. The molecule has 1 atom stereocenters. The van der Waals surface area contributed by atoms with Gasteiger partial charge in [0.05, 0.1) is 11.6 Å². The van der Waals surface area contributed by atoms with Crippen molar-refractivity contribution in [3.05, 3.63) is 54.2 Å². The number of urea groups is 1. The van der Waals surface area contributed by atoms with Crippen LogP contribution in [-0.4, -0.2) is 23.7 Å². The lowest BCUT2D eigenvalue weighted by Gasteiger charge is -2.18. The molecule has 1 heterocycles. The molecule has 0 aliphatic heterocycles. The van der Waals surface area contributed by atoms with E-state index in [1.165, 1.54) is 24.4 Å². The third kappa shape index (κ3) is 5.15. The van der Waals surface area contributed by atoms with E-state index in [1.54, 1.807) is 25.1 Å². The molecule has 128 valence electrons. The summed E-state index contributed by atoms with van der Waals surface area (Å²) >= 11 is 0. The highest BCUT2D eigenvalue weighted by molar-refractivity contribution is 5.88. The number of halogens is 3. The van der Waals surface area contributed by atoms with Gasteiger partial charge in [-0.2, -0.15) is 13.2 Å². The van der Waals surface area contributed by atoms with Gasteiger partial charge in [0.2, 0.25) is 0 Å². The van der Waals surface area contributed by atoms with Crippen LogP contribution in [0.25, 0.3) is 0 Å². The standard InChI is InChI=1S/C16H16F3N3O2/c1-11(21-15(23)22-14-8-4-5-9-20-14)10-24-13-7-3-2-6-12(13)16(17,18)19/h2-9,11H,10H2,1H3,(H2,20,21,22,23). The Morgan fingerprint density at radius 2 is 1.92 bits per heavy atom. The van der Waals surface area contributed by atoms with E-state index in [4.69, 9.17) is 4.74 Å². The second-order valence-corrected chi connectivity index (χ2v) is 5.02. The first-order chi connectivity index (χ1) is 11.4. The Morgan fingerprint density at radius 3 is 2.58 bits per heavy atom. The summed E-state index contributed by atoms with van der Waals surface area (Å²) in [6.45, 7) is 1.51. The molecule has 0 aliphatic rings. The molecule has 0 saturated heterocycles. The summed E-state index contributed by atoms with van der Waals surface area (Å²) in [6.07, 6.45) is -2.97. The molecule has 24 heavy (non-hydrogen) atoms. The first-order valence-electron chi connectivity index (χ1n) is 7.14. The highest BCUT2D eigenvalue weighted by Crippen LogP contribution is 2.35. The predicted octanol–water partition coefficient (Wildman–Crippen LogP) is 3.69. The smallest absolute Gasteiger partial charge is 0.419 e. The van der Waals surface area contributed by atoms with Gasteiger partial charge in [-0.05, 0) is 31.2 Å². The van der Waals surface area contributed by atoms with Crippen LogP contribution in [0.3, 0.4) is 0 Å². The summed E-state index contributed by atoms with van der Waals surface area (Å²) in [4.78, 5) is 15.7. The lowest BCUT2D eigenvalue weighted by Crippen LogP contribution is -2.39. The van der Waals surface area contributed by atoms with Gasteiger partial charge in [-0.3, -0.25) is 5.32 Å². The van der Waals surface area contributed by atoms with Gasteiger partial charge in [0, 0.05) is 6.20 Å². The van der Waals surface area contributed by atoms with Gasteiger partial charge in [0.1, 0.15) is 18.2 Å².